The molecule has 4 nitrogen and oxygen atoms in total. The van der Waals surface area contributed by atoms with Crippen molar-refractivity contribution in [2.75, 3.05) is 0 Å². The molecule has 0 aliphatic heterocycles. The molecule has 122 valence electrons. The number of rotatable bonds is 5. The highest BCUT2D eigenvalue weighted by Crippen LogP contribution is 2.32. The number of pyridine rings is 1. The molecular formula is C18H21FN2O2. The molecule has 1 aromatic carbocycles. The molecule has 23 heavy (non-hydrogen) atoms. The van der Waals surface area contributed by atoms with Gasteiger partial charge in [-0.3, -0.25) is 4.98 Å². The molecule has 0 amide bonds. The number of aryl methyl sites for hydroxylation is 1. The van der Waals surface area contributed by atoms with Gasteiger partial charge in [0.05, 0.1) is 11.3 Å². The number of nitrogens with zero attached hydrogens (tertiary/aromatic N) is 1. The van der Waals surface area contributed by atoms with Gasteiger partial charge in [-0.25, -0.2) is 9.18 Å². The van der Waals surface area contributed by atoms with E-state index in [0.717, 1.165) is 5.69 Å². The number of hydrogen-bond donors (Lipinski definition) is 2. The van der Waals surface area contributed by atoms with Gasteiger partial charge < -0.3 is 10.8 Å². The molecule has 0 radical (unpaired) electrons. The van der Waals surface area contributed by atoms with Gasteiger partial charge in [0.1, 0.15) is 5.82 Å². The van der Waals surface area contributed by atoms with E-state index in [4.69, 9.17) is 5.73 Å². The molecule has 0 aliphatic rings. The van der Waals surface area contributed by atoms with Gasteiger partial charge in [0.25, 0.3) is 0 Å². The zero-order valence-electron chi connectivity index (χ0n) is 13.6. The number of benzene rings is 1. The Labute approximate surface area is 135 Å². The van der Waals surface area contributed by atoms with Crippen molar-refractivity contribution in [3.8, 4) is 11.1 Å². The van der Waals surface area contributed by atoms with Crippen LogP contribution in [-0.4, -0.2) is 16.1 Å². The van der Waals surface area contributed by atoms with E-state index in [1.165, 1.54) is 12.1 Å². The minimum Gasteiger partial charge on any atom is -0.478 e. The fraction of sp³-hybridized carbons (Fsp3) is 0.333. The number of hydrogen-bond acceptors (Lipinski definition) is 3. The summed E-state index contributed by atoms with van der Waals surface area (Å²) >= 11 is 0. The van der Waals surface area contributed by atoms with Crippen LogP contribution in [-0.2, 0) is 13.0 Å². The molecule has 0 fully saturated rings. The Morgan fingerprint density at radius 2 is 1.91 bits per heavy atom. The largest absolute Gasteiger partial charge is 0.478 e. The first-order chi connectivity index (χ1) is 10.8. The maximum absolute atomic E-state index is 13.2. The molecule has 1 aromatic heterocycles. The van der Waals surface area contributed by atoms with Crippen LogP contribution in [0.25, 0.3) is 11.1 Å². The van der Waals surface area contributed by atoms with E-state index in [0.29, 0.717) is 34.7 Å². The molecular weight excluding hydrogens is 295 g/mol. The Bertz CT molecular complexity index is 725. The summed E-state index contributed by atoms with van der Waals surface area (Å²) in [6, 6.07) is 5.79. The third-order valence-corrected chi connectivity index (χ3v) is 3.72. The number of aromatic carboxylic acids is 1. The molecule has 0 spiro atoms. The molecule has 2 aromatic rings. The Balaban J connectivity index is 2.80. The van der Waals surface area contributed by atoms with Crippen LogP contribution in [0.1, 0.15) is 41.2 Å². The summed E-state index contributed by atoms with van der Waals surface area (Å²) in [7, 11) is 0. The van der Waals surface area contributed by atoms with E-state index in [1.54, 1.807) is 19.1 Å². The maximum Gasteiger partial charge on any atom is 0.338 e. The molecule has 2 rings (SSSR count). The van der Waals surface area contributed by atoms with Crippen molar-refractivity contribution < 1.29 is 14.3 Å². The topological polar surface area (TPSA) is 76.2 Å². The molecule has 0 aliphatic carbocycles. The fourth-order valence-electron chi connectivity index (χ4n) is 2.77. The van der Waals surface area contributed by atoms with Crippen molar-refractivity contribution in [1.29, 1.82) is 0 Å². The zero-order chi connectivity index (χ0) is 17.1. The van der Waals surface area contributed by atoms with Gasteiger partial charge in [0.2, 0.25) is 0 Å². The van der Waals surface area contributed by atoms with Crippen LogP contribution in [0.15, 0.2) is 24.3 Å². The lowest BCUT2D eigenvalue weighted by Crippen LogP contribution is -2.15. The molecule has 1 heterocycles. The lowest BCUT2D eigenvalue weighted by Gasteiger charge is -2.19. The Kier molecular flexibility index (Phi) is 5.11. The molecule has 0 bridgehead atoms. The quantitative estimate of drug-likeness (QED) is 0.884. The van der Waals surface area contributed by atoms with E-state index < -0.39 is 5.97 Å². The molecule has 5 heteroatoms. The third kappa shape index (κ3) is 3.56. The average Bonchev–Trinajstić information content (AvgIpc) is 2.46. The average molecular weight is 316 g/mol. The summed E-state index contributed by atoms with van der Waals surface area (Å²) in [5.41, 5.74) is 9.19. The van der Waals surface area contributed by atoms with Gasteiger partial charge in [-0.15, -0.1) is 0 Å². The SMILES string of the molecule is Cc1nc(CC(C)C)c(CN)c(-c2ccc(F)cc2)c1C(=O)O. The number of halogens is 1. The first-order valence-electron chi connectivity index (χ1n) is 7.56. The van der Waals surface area contributed by atoms with Crippen molar-refractivity contribution in [1.82, 2.24) is 4.98 Å². The van der Waals surface area contributed by atoms with Gasteiger partial charge >= 0.3 is 5.97 Å². The highest BCUT2D eigenvalue weighted by Gasteiger charge is 2.23. The number of aromatic nitrogens is 1. The Morgan fingerprint density at radius 3 is 2.39 bits per heavy atom. The predicted molar refractivity (Wildman–Crippen MR) is 87.8 cm³/mol. The predicted octanol–water partition coefficient (Wildman–Crippen LogP) is 3.55. The van der Waals surface area contributed by atoms with Gasteiger partial charge in [0.15, 0.2) is 0 Å². The van der Waals surface area contributed by atoms with Gasteiger partial charge in [-0.1, -0.05) is 26.0 Å². The Morgan fingerprint density at radius 1 is 1.30 bits per heavy atom. The lowest BCUT2D eigenvalue weighted by molar-refractivity contribution is 0.0696. The van der Waals surface area contributed by atoms with Crippen LogP contribution in [0.4, 0.5) is 4.39 Å². The molecule has 0 unspecified atom stereocenters. The summed E-state index contributed by atoms with van der Waals surface area (Å²) < 4.78 is 13.2. The molecule has 3 N–H and O–H groups in total. The second-order valence-electron chi connectivity index (χ2n) is 5.99. The molecule has 0 saturated heterocycles. The van der Waals surface area contributed by atoms with Crippen LogP contribution in [0.3, 0.4) is 0 Å². The maximum atomic E-state index is 13.2. The summed E-state index contributed by atoms with van der Waals surface area (Å²) in [6.07, 6.45) is 0.710. The normalized spacial score (nSPS) is 11.0. The first kappa shape index (κ1) is 17.1. The lowest BCUT2D eigenvalue weighted by atomic mass is 9.90. The third-order valence-electron chi connectivity index (χ3n) is 3.72. The van der Waals surface area contributed by atoms with Crippen molar-refractivity contribution in [3.63, 3.8) is 0 Å². The van der Waals surface area contributed by atoms with E-state index in [9.17, 15) is 14.3 Å². The summed E-state index contributed by atoms with van der Waals surface area (Å²) in [5.74, 6) is -1.06. The minimum atomic E-state index is -1.06. The summed E-state index contributed by atoms with van der Waals surface area (Å²) in [5, 5.41) is 9.60. The van der Waals surface area contributed by atoms with Crippen LogP contribution in [0, 0.1) is 18.7 Å². The van der Waals surface area contributed by atoms with Crippen LogP contribution in [0.5, 0.6) is 0 Å². The first-order valence-corrected chi connectivity index (χ1v) is 7.56. The smallest absolute Gasteiger partial charge is 0.338 e. The van der Waals surface area contributed by atoms with E-state index >= 15 is 0 Å². The standard InChI is InChI=1S/C18H21FN2O2/c1-10(2)8-15-14(9-20)17(12-4-6-13(19)7-5-12)16(18(22)23)11(3)21-15/h4-7,10H,8-9,20H2,1-3H3,(H,22,23). The summed E-state index contributed by atoms with van der Waals surface area (Å²) in [4.78, 5) is 16.2. The number of carboxylic acids is 1. The highest BCUT2D eigenvalue weighted by atomic mass is 19.1. The van der Waals surface area contributed by atoms with Crippen LogP contribution >= 0.6 is 0 Å². The van der Waals surface area contributed by atoms with E-state index in [-0.39, 0.29) is 17.9 Å². The van der Waals surface area contributed by atoms with Gasteiger partial charge in [0, 0.05) is 17.8 Å². The zero-order valence-corrected chi connectivity index (χ0v) is 13.6. The number of carboxylic acid groups (broad SMARTS) is 1. The van der Waals surface area contributed by atoms with Crippen molar-refractivity contribution in [2.24, 2.45) is 11.7 Å². The van der Waals surface area contributed by atoms with E-state index in [1.807, 2.05) is 0 Å². The Hall–Kier alpha value is -2.27. The number of carbonyl (C=O) groups is 1. The summed E-state index contributed by atoms with van der Waals surface area (Å²) in [6.45, 7) is 6.00. The van der Waals surface area contributed by atoms with Crippen molar-refractivity contribution >= 4 is 5.97 Å². The molecule has 0 saturated carbocycles. The van der Waals surface area contributed by atoms with Crippen LogP contribution < -0.4 is 5.73 Å². The second kappa shape index (κ2) is 6.87. The van der Waals surface area contributed by atoms with Gasteiger partial charge in [-0.2, -0.15) is 0 Å². The second-order valence-corrected chi connectivity index (χ2v) is 5.99. The number of nitrogens with two attached hydrogens (primary N) is 1. The monoisotopic (exact) mass is 316 g/mol. The fourth-order valence-corrected chi connectivity index (χ4v) is 2.77. The van der Waals surface area contributed by atoms with Gasteiger partial charge in [-0.05, 0) is 42.5 Å². The minimum absolute atomic E-state index is 0.129. The molecule has 0 atom stereocenters. The van der Waals surface area contributed by atoms with Crippen molar-refractivity contribution in [3.05, 3.63) is 52.6 Å². The van der Waals surface area contributed by atoms with Crippen LogP contribution in [0.2, 0.25) is 0 Å². The van der Waals surface area contributed by atoms with E-state index in [2.05, 4.69) is 18.8 Å². The van der Waals surface area contributed by atoms with Crippen molar-refractivity contribution in [2.45, 2.75) is 33.7 Å². The highest BCUT2D eigenvalue weighted by molar-refractivity contribution is 5.98.